The lowest BCUT2D eigenvalue weighted by Gasteiger charge is -2.18. The van der Waals surface area contributed by atoms with Crippen molar-refractivity contribution in [2.24, 2.45) is 0 Å². The smallest absolute Gasteiger partial charge is 0.279 e. The molecule has 0 saturated carbocycles. The second-order valence-corrected chi connectivity index (χ2v) is 8.27. The largest absolute Gasteiger partial charge is 0.438 e. The first-order valence-corrected chi connectivity index (χ1v) is 11.3. The van der Waals surface area contributed by atoms with Crippen LogP contribution in [0.4, 0.5) is 4.79 Å². The number of benzene rings is 1. The fourth-order valence-electron chi connectivity index (χ4n) is 3.26. The number of nitrogens with one attached hydrogen (secondary N) is 2. The first kappa shape index (κ1) is 22.1. The number of hydrogen-bond donors (Lipinski definition) is 2. The summed E-state index contributed by atoms with van der Waals surface area (Å²) in [6, 6.07) is 8.72. The van der Waals surface area contributed by atoms with Gasteiger partial charge in [-0.25, -0.2) is 4.98 Å². The van der Waals surface area contributed by atoms with E-state index in [1.165, 1.54) is 0 Å². The fraction of sp³-hybridized carbons (Fsp3) is 0.455. The lowest BCUT2D eigenvalue weighted by atomic mass is 10.0. The van der Waals surface area contributed by atoms with Crippen molar-refractivity contribution in [2.45, 2.75) is 57.5 Å². The Labute approximate surface area is 180 Å². The molecule has 2 heterocycles. The van der Waals surface area contributed by atoms with Gasteiger partial charge in [0.25, 0.3) is 5.24 Å². The lowest BCUT2D eigenvalue weighted by molar-refractivity contribution is -0.123. The van der Waals surface area contributed by atoms with Crippen molar-refractivity contribution in [3.05, 3.63) is 42.4 Å². The third-order valence-electron chi connectivity index (χ3n) is 5.03. The van der Waals surface area contributed by atoms with E-state index in [9.17, 15) is 14.4 Å². The molecular weight excluding hydrogens is 402 g/mol. The average molecular weight is 430 g/mol. The van der Waals surface area contributed by atoms with Crippen molar-refractivity contribution in [3.8, 4) is 11.3 Å². The Balaban J connectivity index is 1.64. The maximum Gasteiger partial charge on any atom is 0.279 e. The molecule has 1 fully saturated rings. The molecule has 0 radical (unpaired) electrons. The minimum absolute atomic E-state index is 0.185. The number of nitrogens with zero attached hydrogens (tertiary/aromatic N) is 1. The van der Waals surface area contributed by atoms with E-state index < -0.39 is 6.04 Å². The monoisotopic (exact) mass is 429 g/mol. The Morgan fingerprint density at radius 3 is 2.77 bits per heavy atom. The zero-order valence-electron chi connectivity index (χ0n) is 17.1. The van der Waals surface area contributed by atoms with E-state index in [-0.39, 0.29) is 23.0 Å². The zero-order valence-corrected chi connectivity index (χ0v) is 17.9. The van der Waals surface area contributed by atoms with Crippen molar-refractivity contribution < 1.29 is 18.8 Å². The first-order valence-electron chi connectivity index (χ1n) is 10.3. The van der Waals surface area contributed by atoms with Crippen molar-refractivity contribution in [1.29, 1.82) is 0 Å². The number of oxazole rings is 1. The van der Waals surface area contributed by atoms with Crippen molar-refractivity contribution in [2.75, 3.05) is 5.75 Å². The Hall–Kier alpha value is -2.61. The van der Waals surface area contributed by atoms with Crippen molar-refractivity contribution in [3.63, 3.8) is 0 Å². The van der Waals surface area contributed by atoms with Crippen LogP contribution in [0.3, 0.4) is 0 Å². The summed E-state index contributed by atoms with van der Waals surface area (Å²) in [6.45, 7) is 1.88. The summed E-state index contributed by atoms with van der Waals surface area (Å²) in [7, 11) is 0. The predicted octanol–water partition coefficient (Wildman–Crippen LogP) is 4.25. The second kappa shape index (κ2) is 11.0. The third-order valence-corrected chi connectivity index (χ3v) is 5.91. The number of carbonyl (C=O) groups excluding carboxylic acids is 3. The molecular formula is C22H27N3O4S. The van der Waals surface area contributed by atoms with Gasteiger partial charge < -0.3 is 15.1 Å². The number of aromatic nitrogens is 1. The minimum atomic E-state index is -0.546. The van der Waals surface area contributed by atoms with Gasteiger partial charge >= 0.3 is 0 Å². The normalized spacial score (nSPS) is 16.8. The summed E-state index contributed by atoms with van der Waals surface area (Å²) >= 11 is 1.11. The topological polar surface area (TPSA) is 101 Å². The number of Topliss-reactive ketones (excluding diaryl/α,β-unsaturated/α-hetero) is 1. The maximum absolute atomic E-state index is 12.6. The standard InChI is InChI=1S/C22H27N3O4S/c1-2-16(26)11-7-4-8-12-17(24-20(27)18-14-30-22(28)25-18)21-23-13-19(29-21)15-9-5-3-6-10-15/h3,5-6,9-10,13,17-18H,2,4,7-8,11-12,14H2,1H3,(H,24,27)(H,25,28)/t17-,18-/m0/s1. The molecule has 30 heavy (non-hydrogen) atoms. The van der Waals surface area contributed by atoms with Gasteiger partial charge in [-0.1, -0.05) is 61.9 Å². The molecule has 1 aromatic heterocycles. The molecule has 2 atom stereocenters. The fourth-order valence-corrected chi connectivity index (χ4v) is 4.04. The molecule has 1 saturated heterocycles. The maximum atomic E-state index is 12.6. The van der Waals surface area contributed by atoms with Crippen LogP contribution in [0.25, 0.3) is 11.3 Å². The predicted molar refractivity (Wildman–Crippen MR) is 116 cm³/mol. The quantitative estimate of drug-likeness (QED) is 0.518. The Morgan fingerprint density at radius 1 is 1.27 bits per heavy atom. The first-order chi connectivity index (χ1) is 14.6. The number of thioether (sulfide) groups is 1. The Morgan fingerprint density at radius 2 is 2.07 bits per heavy atom. The molecule has 1 aliphatic heterocycles. The number of ketones is 1. The van der Waals surface area contributed by atoms with E-state index in [1.807, 2.05) is 37.3 Å². The van der Waals surface area contributed by atoms with Crippen LogP contribution >= 0.6 is 11.8 Å². The summed E-state index contributed by atoms with van der Waals surface area (Å²) in [6.07, 6.45) is 6.03. The molecule has 2 amide bonds. The van der Waals surface area contributed by atoms with E-state index in [1.54, 1.807) is 6.20 Å². The number of amides is 2. The molecule has 160 valence electrons. The molecule has 0 spiro atoms. The van der Waals surface area contributed by atoms with Crippen LogP contribution in [0.1, 0.15) is 57.4 Å². The molecule has 1 aliphatic rings. The summed E-state index contributed by atoms with van der Waals surface area (Å²) in [4.78, 5) is 39.9. The molecule has 3 rings (SSSR count). The van der Waals surface area contributed by atoms with Gasteiger partial charge in [-0.05, 0) is 12.8 Å². The number of hydrogen-bond acceptors (Lipinski definition) is 6. The highest BCUT2D eigenvalue weighted by molar-refractivity contribution is 8.14. The van der Waals surface area contributed by atoms with E-state index >= 15 is 0 Å². The van der Waals surface area contributed by atoms with Crippen LogP contribution in [0, 0.1) is 0 Å². The molecule has 0 unspecified atom stereocenters. The van der Waals surface area contributed by atoms with Crippen LogP contribution in [0.15, 0.2) is 40.9 Å². The second-order valence-electron chi connectivity index (χ2n) is 7.28. The molecule has 8 heteroatoms. The van der Waals surface area contributed by atoms with Gasteiger partial charge in [-0.15, -0.1) is 0 Å². The van der Waals surface area contributed by atoms with E-state index in [4.69, 9.17) is 4.42 Å². The zero-order chi connectivity index (χ0) is 21.3. The van der Waals surface area contributed by atoms with Gasteiger partial charge in [-0.3, -0.25) is 14.4 Å². The van der Waals surface area contributed by atoms with Gasteiger partial charge in [0.1, 0.15) is 17.9 Å². The molecule has 7 nitrogen and oxygen atoms in total. The summed E-state index contributed by atoms with van der Waals surface area (Å²) in [5.74, 6) is 1.54. The van der Waals surface area contributed by atoms with Crippen LogP contribution in [-0.2, 0) is 9.59 Å². The molecule has 2 N–H and O–H groups in total. The molecule has 2 aromatic rings. The van der Waals surface area contributed by atoms with Gasteiger partial charge in [0.15, 0.2) is 5.76 Å². The van der Waals surface area contributed by atoms with Gasteiger partial charge in [0, 0.05) is 24.2 Å². The highest BCUT2D eigenvalue weighted by atomic mass is 32.2. The number of unbranched alkanes of at least 4 members (excludes halogenated alkanes) is 2. The highest BCUT2D eigenvalue weighted by Gasteiger charge is 2.30. The summed E-state index contributed by atoms with van der Waals surface area (Å²) < 4.78 is 5.96. The molecule has 1 aromatic carbocycles. The van der Waals surface area contributed by atoms with Gasteiger partial charge in [0.2, 0.25) is 11.8 Å². The van der Waals surface area contributed by atoms with Gasteiger partial charge in [-0.2, -0.15) is 0 Å². The van der Waals surface area contributed by atoms with Crippen LogP contribution < -0.4 is 10.6 Å². The number of carbonyl (C=O) groups is 3. The lowest BCUT2D eigenvalue weighted by Crippen LogP contribution is -2.44. The van der Waals surface area contributed by atoms with E-state index in [2.05, 4.69) is 15.6 Å². The van der Waals surface area contributed by atoms with Crippen LogP contribution in [-0.4, -0.2) is 33.7 Å². The highest BCUT2D eigenvalue weighted by Crippen LogP contribution is 2.26. The third kappa shape index (κ3) is 6.19. The summed E-state index contributed by atoms with van der Waals surface area (Å²) in [5.41, 5.74) is 0.916. The van der Waals surface area contributed by atoms with E-state index in [0.717, 1.165) is 36.6 Å². The number of rotatable bonds is 11. The SMILES string of the molecule is CCC(=O)CCCCC[C@H](NC(=O)[C@@H]1CSC(=O)N1)c1ncc(-c2ccccc2)o1. The van der Waals surface area contributed by atoms with Crippen molar-refractivity contribution in [1.82, 2.24) is 15.6 Å². The minimum Gasteiger partial charge on any atom is -0.438 e. The Bertz CT molecular complexity index is 868. The average Bonchev–Trinajstić information content (AvgIpc) is 3.42. The molecule has 0 aliphatic carbocycles. The summed E-state index contributed by atoms with van der Waals surface area (Å²) in [5, 5.41) is 5.46. The Kier molecular flexibility index (Phi) is 8.07. The van der Waals surface area contributed by atoms with Crippen molar-refractivity contribution >= 4 is 28.7 Å². The van der Waals surface area contributed by atoms with E-state index in [0.29, 0.717) is 36.7 Å². The van der Waals surface area contributed by atoms with Crippen LogP contribution in [0.2, 0.25) is 0 Å². The molecule has 0 bridgehead atoms. The van der Waals surface area contributed by atoms with Gasteiger partial charge in [0.05, 0.1) is 6.20 Å². The van der Waals surface area contributed by atoms with Crippen LogP contribution in [0.5, 0.6) is 0 Å².